The van der Waals surface area contributed by atoms with Crippen molar-refractivity contribution in [2.45, 2.75) is 78.1 Å². The van der Waals surface area contributed by atoms with E-state index < -0.39 is 0 Å². The lowest BCUT2D eigenvalue weighted by Crippen LogP contribution is -2.35. The van der Waals surface area contributed by atoms with Crippen molar-refractivity contribution < 1.29 is 9.53 Å². The number of rotatable bonds is 6. The van der Waals surface area contributed by atoms with E-state index in [-0.39, 0.29) is 16.8 Å². The zero-order valence-electron chi connectivity index (χ0n) is 18.6. The van der Waals surface area contributed by atoms with Gasteiger partial charge in [0.1, 0.15) is 0 Å². The molecular weight excluding hydrogens is 356 g/mol. The molecule has 0 heterocycles. The summed E-state index contributed by atoms with van der Waals surface area (Å²) in [6, 6.07) is 17.7. The van der Waals surface area contributed by atoms with E-state index in [1.165, 1.54) is 28.7 Å². The molecule has 0 unspecified atom stereocenters. The molecular formula is C27H36O2. The second-order valence-corrected chi connectivity index (χ2v) is 9.59. The summed E-state index contributed by atoms with van der Waals surface area (Å²) in [7, 11) is 0. The van der Waals surface area contributed by atoms with Crippen molar-refractivity contribution in [3.8, 4) is 11.1 Å². The average Bonchev–Trinajstić information content (AvgIpc) is 2.73. The molecule has 0 saturated heterocycles. The molecule has 0 spiro atoms. The van der Waals surface area contributed by atoms with Gasteiger partial charge in [0, 0.05) is 0 Å². The van der Waals surface area contributed by atoms with E-state index in [2.05, 4.69) is 69.3 Å². The molecule has 156 valence electrons. The summed E-state index contributed by atoms with van der Waals surface area (Å²) in [5.41, 5.74) is 5.06. The van der Waals surface area contributed by atoms with Crippen LogP contribution in [0.25, 0.3) is 11.1 Å². The van der Waals surface area contributed by atoms with Crippen molar-refractivity contribution in [3.05, 3.63) is 59.7 Å². The topological polar surface area (TPSA) is 26.3 Å². The molecule has 0 atom stereocenters. The van der Waals surface area contributed by atoms with Crippen LogP contribution in [0, 0.1) is 5.41 Å². The Morgan fingerprint density at radius 1 is 0.897 bits per heavy atom. The Balaban J connectivity index is 1.67. The van der Waals surface area contributed by atoms with Crippen molar-refractivity contribution in [1.29, 1.82) is 0 Å². The number of esters is 1. The fourth-order valence-electron chi connectivity index (χ4n) is 4.48. The minimum Gasteiger partial charge on any atom is -0.466 e. The van der Waals surface area contributed by atoms with Crippen LogP contribution < -0.4 is 0 Å². The molecule has 2 aromatic carbocycles. The normalized spacial score (nSPS) is 16.4. The molecule has 2 heteroatoms. The summed E-state index contributed by atoms with van der Waals surface area (Å²) >= 11 is 0. The van der Waals surface area contributed by atoms with Gasteiger partial charge in [0.2, 0.25) is 0 Å². The first kappa shape index (κ1) is 21.6. The molecule has 0 amide bonds. The van der Waals surface area contributed by atoms with Gasteiger partial charge in [0.15, 0.2) is 0 Å². The fourth-order valence-corrected chi connectivity index (χ4v) is 4.48. The minimum atomic E-state index is -0.268. The molecule has 3 rings (SSSR count). The van der Waals surface area contributed by atoms with Crippen molar-refractivity contribution >= 4 is 5.97 Å². The molecule has 2 nitrogen and oxygen atoms in total. The van der Waals surface area contributed by atoms with Gasteiger partial charge in [0.05, 0.1) is 12.0 Å². The molecule has 1 aliphatic carbocycles. The summed E-state index contributed by atoms with van der Waals surface area (Å²) in [5.74, 6) is 0.0234. The monoisotopic (exact) mass is 392 g/mol. The zero-order chi connectivity index (χ0) is 20.9. The van der Waals surface area contributed by atoms with Crippen LogP contribution in [0.5, 0.6) is 0 Å². The summed E-state index contributed by atoms with van der Waals surface area (Å²) in [5, 5.41) is 0. The molecule has 1 fully saturated rings. The number of hydrogen-bond acceptors (Lipinski definition) is 2. The smallest absolute Gasteiger partial charge is 0.312 e. The van der Waals surface area contributed by atoms with Gasteiger partial charge < -0.3 is 4.74 Å². The van der Waals surface area contributed by atoms with E-state index in [1.807, 2.05) is 6.92 Å². The Bertz CT molecular complexity index is 788. The van der Waals surface area contributed by atoms with E-state index in [1.54, 1.807) is 0 Å². The van der Waals surface area contributed by atoms with E-state index in [4.69, 9.17) is 4.74 Å². The lowest BCUT2D eigenvalue weighted by atomic mass is 9.70. The van der Waals surface area contributed by atoms with Gasteiger partial charge in [-0.2, -0.15) is 0 Å². The standard InChI is InChI=1S/C27H36O2/c1-5-29-25(28)27(18-7-6-8-19-27)20-17-21-9-11-22(12-10-21)23-13-15-24(16-14-23)26(2,3)4/h9-16H,5-8,17-20H2,1-4H3. The minimum absolute atomic E-state index is 0.0234. The predicted octanol–water partition coefficient (Wildman–Crippen LogP) is 7.10. The number of carbonyl (C=O) groups excluding carboxylic acids is 1. The van der Waals surface area contributed by atoms with Gasteiger partial charge in [-0.1, -0.05) is 88.6 Å². The third-order valence-corrected chi connectivity index (χ3v) is 6.45. The largest absolute Gasteiger partial charge is 0.466 e. The molecule has 0 radical (unpaired) electrons. The first-order valence-electron chi connectivity index (χ1n) is 11.2. The second-order valence-electron chi connectivity index (χ2n) is 9.59. The van der Waals surface area contributed by atoms with Gasteiger partial charge in [-0.3, -0.25) is 4.79 Å². The number of aryl methyl sites for hydroxylation is 1. The molecule has 29 heavy (non-hydrogen) atoms. The lowest BCUT2D eigenvalue weighted by molar-refractivity contribution is -0.158. The van der Waals surface area contributed by atoms with Crippen molar-refractivity contribution in [2.75, 3.05) is 6.61 Å². The first-order chi connectivity index (χ1) is 13.8. The van der Waals surface area contributed by atoms with Crippen LogP contribution in [0.1, 0.15) is 77.3 Å². The van der Waals surface area contributed by atoms with E-state index in [9.17, 15) is 4.79 Å². The second kappa shape index (κ2) is 9.15. The third-order valence-electron chi connectivity index (χ3n) is 6.45. The fraction of sp³-hybridized carbons (Fsp3) is 0.519. The van der Waals surface area contributed by atoms with Crippen molar-refractivity contribution in [2.24, 2.45) is 5.41 Å². The highest BCUT2D eigenvalue weighted by Gasteiger charge is 2.40. The first-order valence-corrected chi connectivity index (χ1v) is 11.2. The molecule has 0 bridgehead atoms. The van der Waals surface area contributed by atoms with Gasteiger partial charge in [-0.25, -0.2) is 0 Å². The predicted molar refractivity (Wildman–Crippen MR) is 121 cm³/mol. The van der Waals surface area contributed by atoms with Gasteiger partial charge in [-0.05, 0) is 60.3 Å². The molecule has 1 saturated carbocycles. The van der Waals surface area contributed by atoms with Crippen LogP contribution in [0.2, 0.25) is 0 Å². The molecule has 2 aromatic rings. The lowest BCUT2D eigenvalue weighted by Gasteiger charge is -2.35. The molecule has 0 aliphatic heterocycles. The van der Waals surface area contributed by atoms with E-state index >= 15 is 0 Å². The highest BCUT2D eigenvalue weighted by Crippen LogP contribution is 2.41. The van der Waals surface area contributed by atoms with Gasteiger partial charge in [-0.15, -0.1) is 0 Å². The van der Waals surface area contributed by atoms with E-state index in [0.29, 0.717) is 6.61 Å². The van der Waals surface area contributed by atoms with Crippen LogP contribution in [0.4, 0.5) is 0 Å². The van der Waals surface area contributed by atoms with Gasteiger partial charge >= 0.3 is 5.97 Å². The Hall–Kier alpha value is -2.09. The van der Waals surface area contributed by atoms with Gasteiger partial charge in [0.25, 0.3) is 0 Å². The average molecular weight is 393 g/mol. The van der Waals surface area contributed by atoms with Crippen LogP contribution in [0.15, 0.2) is 48.5 Å². The number of ether oxygens (including phenoxy) is 1. The van der Waals surface area contributed by atoms with Crippen LogP contribution in [-0.2, 0) is 21.4 Å². The summed E-state index contributed by atoms with van der Waals surface area (Å²) in [4.78, 5) is 12.7. The maximum absolute atomic E-state index is 12.7. The number of hydrogen-bond donors (Lipinski definition) is 0. The molecule has 0 aromatic heterocycles. The maximum atomic E-state index is 12.7. The summed E-state index contributed by atoms with van der Waals surface area (Å²) < 4.78 is 5.44. The van der Waals surface area contributed by atoms with Crippen LogP contribution in [-0.4, -0.2) is 12.6 Å². The van der Waals surface area contributed by atoms with Crippen LogP contribution in [0.3, 0.4) is 0 Å². The molecule has 1 aliphatic rings. The maximum Gasteiger partial charge on any atom is 0.312 e. The van der Waals surface area contributed by atoms with Crippen molar-refractivity contribution in [3.63, 3.8) is 0 Å². The Morgan fingerprint density at radius 2 is 1.45 bits per heavy atom. The van der Waals surface area contributed by atoms with Crippen molar-refractivity contribution in [1.82, 2.24) is 0 Å². The molecule has 0 N–H and O–H groups in total. The third kappa shape index (κ3) is 5.29. The quantitative estimate of drug-likeness (QED) is 0.490. The highest BCUT2D eigenvalue weighted by molar-refractivity contribution is 5.77. The number of benzene rings is 2. The highest BCUT2D eigenvalue weighted by atomic mass is 16.5. The summed E-state index contributed by atoms with van der Waals surface area (Å²) in [6.07, 6.45) is 7.30. The zero-order valence-corrected chi connectivity index (χ0v) is 18.6. The Labute approximate surface area is 176 Å². The number of carbonyl (C=O) groups is 1. The van der Waals surface area contributed by atoms with E-state index in [0.717, 1.165) is 38.5 Å². The summed E-state index contributed by atoms with van der Waals surface area (Å²) in [6.45, 7) is 9.11. The SMILES string of the molecule is CCOC(=O)C1(CCc2ccc(-c3ccc(C(C)(C)C)cc3)cc2)CCCCC1. The Morgan fingerprint density at radius 3 is 1.97 bits per heavy atom. The van der Waals surface area contributed by atoms with Crippen LogP contribution >= 0.6 is 0 Å². The Kier molecular flexibility index (Phi) is 6.82.